The standard InChI is InChI=1S/C20H20N2O2S/c1-15(17-6-4-3-5-7-17)24-19-9-8-18(12-21-19)20(23)22(2)13-16-10-11-25-14-16/h3-12,14-15H,13H2,1-2H3. The first-order chi connectivity index (χ1) is 12.1. The Morgan fingerprint density at radius 1 is 1.20 bits per heavy atom. The summed E-state index contributed by atoms with van der Waals surface area (Å²) in [4.78, 5) is 18.4. The van der Waals surface area contributed by atoms with Gasteiger partial charge < -0.3 is 9.64 Å². The van der Waals surface area contributed by atoms with Gasteiger partial charge in [0.1, 0.15) is 6.10 Å². The predicted molar refractivity (Wildman–Crippen MR) is 99.8 cm³/mol. The van der Waals surface area contributed by atoms with Crippen molar-refractivity contribution >= 4 is 17.2 Å². The van der Waals surface area contributed by atoms with Gasteiger partial charge in [0.15, 0.2) is 0 Å². The molecule has 3 rings (SSSR count). The number of nitrogens with zero attached hydrogens (tertiary/aromatic N) is 2. The Hall–Kier alpha value is -2.66. The molecule has 0 aliphatic rings. The lowest BCUT2D eigenvalue weighted by Gasteiger charge is -2.17. The molecule has 2 heterocycles. The number of rotatable bonds is 6. The normalized spacial score (nSPS) is 11.8. The molecule has 0 fully saturated rings. The van der Waals surface area contributed by atoms with Gasteiger partial charge in [-0.25, -0.2) is 4.98 Å². The van der Waals surface area contributed by atoms with Crippen LogP contribution in [0.3, 0.4) is 0 Å². The fourth-order valence-corrected chi connectivity index (χ4v) is 3.16. The average molecular weight is 352 g/mol. The van der Waals surface area contributed by atoms with Gasteiger partial charge in [0.05, 0.1) is 5.56 Å². The van der Waals surface area contributed by atoms with Crippen molar-refractivity contribution in [3.8, 4) is 5.88 Å². The Kier molecular flexibility index (Phi) is 5.46. The molecule has 3 aromatic rings. The summed E-state index contributed by atoms with van der Waals surface area (Å²) in [5, 5.41) is 4.05. The van der Waals surface area contributed by atoms with Gasteiger partial charge >= 0.3 is 0 Å². The first kappa shape index (κ1) is 17.2. The Morgan fingerprint density at radius 2 is 2.00 bits per heavy atom. The first-order valence-corrected chi connectivity index (χ1v) is 9.02. The van der Waals surface area contributed by atoms with Crippen molar-refractivity contribution in [3.63, 3.8) is 0 Å². The van der Waals surface area contributed by atoms with Crippen LogP contribution in [-0.2, 0) is 6.54 Å². The third-order valence-corrected chi connectivity index (χ3v) is 4.63. The summed E-state index contributed by atoms with van der Waals surface area (Å²) in [6.07, 6.45) is 1.47. The van der Waals surface area contributed by atoms with Crippen LogP contribution >= 0.6 is 11.3 Å². The zero-order valence-electron chi connectivity index (χ0n) is 14.3. The number of pyridine rings is 1. The number of hydrogen-bond donors (Lipinski definition) is 0. The lowest BCUT2D eigenvalue weighted by Crippen LogP contribution is -2.26. The third kappa shape index (κ3) is 4.45. The number of hydrogen-bond acceptors (Lipinski definition) is 4. The van der Waals surface area contributed by atoms with Crippen molar-refractivity contribution in [2.45, 2.75) is 19.6 Å². The van der Waals surface area contributed by atoms with Crippen molar-refractivity contribution in [2.75, 3.05) is 7.05 Å². The second-order valence-electron chi connectivity index (χ2n) is 5.85. The molecule has 5 heteroatoms. The van der Waals surface area contributed by atoms with E-state index in [-0.39, 0.29) is 12.0 Å². The van der Waals surface area contributed by atoms with E-state index < -0.39 is 0 Å². The zero-order chi connectivity index (χ0) is 17.6. The molecule has 0 aliphatic heterocycles. The van der Waals surface area contributed by atoms with Crippen LogP contribution in [0.15, 0.2) is 65.5 Å². The van der Waals surface area contributed by atoms with Gasteiger partial charge in [0.2, 0.25) is 5.88 Å². The quantitative estimate of drug-likeness (QED) is 0.653. The van der Waals surface area contributed by atoms with E-state index in [1.54, 1.807) is 41.6 Å². The molecule has 0 N–H and O–H groups in total. The van der Waals surface area contributed by atoms with E-state index in [0.717, 1.165) is 11.1 Å². The Balaban J connectivity index is 1.62. The van der Waals surface area contributed by atoms with Crippen LogP contribution in [0.2, 0.25) is 0 Å². The van der Waals surface area contributed by atoms with E-state index in [1.165, 1.54) is 0 Å². The maximum Gasteiger partial charge on any atom is 0.255 e. The highest BCUT2D eigenvalue weighted by molar-refractivity contribution is 7.07. The molecule has 0 saturated heterocycles. The zero-order valence-corrected chi connectivity index (χ0v) is 15.1. The molecule has 0 spiro atoms. The Morgan fingerprint density at radius 3 is 2.64 bits per heavy atom. The van der Waals surface area contributed by atoms with Gasteiger partial charge in [-0.3, -0.25) is 4.79 Å². The molecular weight excluding hydrogens is 332 g/mol. The van der Waals surface area contributed by atoms with E-state index in [9.17, 15) is 4.79 Å². The Bertz CT molecular complexity index is 801. The highest BCUT2D eigenvalue weighted by atomic mass is 32.1. The number of thiophene rings is 1. The molecule has 4 nitrogen and oxygen atoms in total. The average Bonchev–Trinajstić information content (AvgIpc) is 3.15. The second-order valence-corrected chi connectivity index (χ2v) is 6.63. The van der Waals surface area contributed by atoms with Crippen LogP contribution in [-0.4, -0.2) is 22.8 Å². The molecule has 0 bridgehead atoms. The van der Waals surface area contributed by atoms with Gasteiger partial charge in [-0.15, -0.1) is 0 Å². The van der Waals surface area contributed by atoms with Gasteiger partial charge in [0, 0.05) is 25.9 Å². The van der Waals surface area contributed by atoms with Gasteiger partial charge in [-0.2, -0.15) is 11.3 Å². The molecule has 0 aliphatic carbocycles. The highest BCUT2D eigenvalue weighted by Crippen LogP contribution is 2.20. The molecule has 1 atom stereocenters. The van der Waals surface area contributed by atoms with Gasteiger partial charge in [-0.1, -0.05) is 30.3 Å². The smallest absolute Gasteiger partial charge is 0.255 e. The van der Waals surface area contributed by atoms with E-state index in [1.807, 2.05) is 54.1 Å². The summed E-state index contributed by atoms with van der Waals surface area (Å²) in [5.74, 6) is 0.453. The highest BCUT2D eigenvalue weighted by Gasteiger charge is 2.14. The van der Waals surface area contributed by atoms with Crippen LogP contribution in [0.5, 0.6) is 5.88 Å². The molecular formula is C20H20N2O2S. The lowest BCUT2D eigenvalue weighted by atomic mass is 10.1. The molecule has 1 amide bonds. The molecule has 1 aromatic carbocycles. The van der Waals surface area contributed by atoms with E-state index in [2.05, 4.69) is 4.98 Å². The summed E-state index contributed by atoms with van der Waals surface area (Å²) < 4.78 is 5.85. The predicted octanol–water partition coefficient (Wildman–Crippen LogP) is 4.56. The monoisotopic (exact) mass is 352 g/mol. The lowest BCUT2D eigenvalue weighted by molar-refractivity contribution is 0.0784. The number of carbonyl (C=O) groups excluding carboxylic acids is 1. The van der Waals surface area contributed by atoms with Crippen molar-refractivity contribution in [1.29, 1.82) is 0 Å². The maximum absolute atomic E-state index is 12.5. The molecule has 1 unspecified atom stereocenters. The minimum atomic E-state index is -0.100. The first-order valence-electron chi connectivity index (χ1n) is 8.07. The summed E-state index contributed by atoms with van der Waals surface area (Å²) in [7, 11) is 1.79. The summed E-state index contributed by atoms with van der Waals surface area (Å²) in [6.45, 7) is 2.57. The molecule has 2 aromatic heterocycles. The fourth-order valence-electron chi connectivity index (χ4n) is 2.50. The summed E-state index contributed by atoms with van der Waals surface area (Å²) >= 11 is 1.63. The van der Waals surface area contributed by atoms with Crippen LogP contribution in [0.25, 0.3) is 0 Å². The van der Waals surface area contributed by atoms with Gasteiger partial charge in [0.25, 0.3) is 5.91 Å². The van der Waals surface area contributed by atoms with Crippen molar-refractivity contribution < 1.29 is 9.53 Å². The van der Waals surface area contributed by atoms with E-state index in [0.29, 0.717) is 18.0 Å². The Labute approximate surface area is 151 Å². The molecule has 0 radical (unpaired) electrons. The summed E-state index contributed by atoms with van der Waals surface area (Å²) in [6, 6.07) is 15.5. The minimum absolute atomic E-state index is 0.0543. The molecule has 128 valence electrons. The molecule has 0 saturated carbocycles. The van der Waals surface area contributed by atoms with Crippen LogP contribution in [0.1, 0.15) is 34.5 Å². The topological polar surface area (TPSA) is 42.4 Å². The number of aromatic nitrogens is 1. The number of benzene rings is 1. The van der Waals surface area contributed by atoms with Crippen LogP contribution in [0, 0.1) is 0 Å². The SMILES string of the molecule is CC(Oc1ccc(C(=O)N(C)Cc2ccsc2)cn1)c1ccccc1. The van der Waals surface area contributed by atoms with E-state index >= 15 is 0 Å². The number of ether oxygens (including phenoxy) is 1. The number of carbonyl (C=O) groups is 1. The minimum Gasteiger partial charge on any atom is -0.470 e. The van der Waals surface area contributed by atoms with Crippen molar-refractivity contribution in [1.82, 2.24) is 9.88 Å². The fraction of sp³-hybridized carbons (Fsp3) is 0.200. The molecule has 25 heavy (non-hydrogen) atoms. The second kappa shape index (κ2) is 7.94. The third-order valence-electron chi connectivity index (χ3n) is 3.90. The largest absolute Gasteiger partial charge is 0.470 e. The summed E-state index contributed by atoms with van der Waals surface area (Å²) in [5.41, 5.74) is 2.77. The van der Waals surface area contributed by atoms with Crippen LogP contribution < -0.4 is 4.74 Å². The van der Waals surface area contributed by atoms with Gasteiger partial charge in [-0.05, 0) is 40.9 Å². The number of amides is 1. The van der Waals surface area contributed by atoms with Crippen molar-refractivity contribution in [3.05, 3.63) is 82.2 Å². The van der Waals surface area contributed by atoms with E-state index in [4.69, 9.17) is 4.74 Å². The van der Waals surface area contributed by atoms with Crippen molar-refractivity contribution in [2.24, 2.45) is 0 Å². The maximum atomic E-state index is 12.5. The van der Waals surface area contributed by atoms with Crippen LogP contribution in [0.4, 0.5) is 0 Å².